The van der Waals surface area contributed by atoms with Crippen molar-refractivity contribution in [1.82, 2.24) is 20.6 Å². The Balaban J connectivity index is 1.64. The van der Waals surface area contributed by atoms with Crippen molar-refractivity contribution in [2.45, 2.75) is 43.8 Å². The lowest BCUT2D eigenvalue weighted by Gasteiger charge is -2.32. The van der Waals surface area contributed by atoms with Crippen molar-refractivity contribution in [3.8, 4) is 0 Å². The zero-order chi connectivity index (χ0) is 16.6. The molecule has 3 heterocycles. The van der Waals surface area contributed by atoms with Crippen LogP contribution in [0.3, 0.4) is 0 Å². The highest BCUT2D eigenvalue weighted by Crippen LogP contribution is 2.30. The Morgan fingerprint density at radius 1 is 1.35 bits per heavy atom. The van der Waals surface area contributed by atoms with Crippen LogP contribution >= 0.6 is 0 Å². The largest absolute Gasteiger partial charge is 0.418 e. The van der Waals surface area contributed by atoms with Gasteiger partial charge >= 0.3 is 16.4 Å². The molecular formula is C12H20N4O6S. The van der Waals surface area contributed by atoms with Crippen LogP contribution in [0.5, 0.6) is 0 Å². The van der Waals surface area contributed by atoms with Gasteiger partial charge < -0.3 is 15.5 Å². The van der Waals surface area contributed by atoms with E-state index in [0.29, 0.717) is 24.4 Å². The average Bonchev–Trinajstić information content (AvgIpc) is 2.72. The molecule has 3 saturated heterocycles. The maximum atomic E-state index is 12.4. The highest BCUT2D eigenvalue weighted by atomic mass is 32.3. The number of hydroxylamine groups is 2. The fourth-order valence-corrected chi connectivity index (χ4v) is 3.76. The average molecular weight is 348 g/mol. The van der Waals surface area contributed by atoms with E-state index in [9.17, 15) is 18.0 Å². The quantitative estimate of drug-likeness (QED) is 0.548. The maximum Gasteiger partial charge on any atom is 0.418 e. The Morgan fingerprint density at radius 3 is 2.78 bits per heavy atom. The van der Waals surface area contributed by atoms with Gasteiger partial charge in [0.2, 0.25) is 5.91 Å². The number of rotatable bonds is 4. The predicted octanol–water partition coefficient (Wildman–Crippen LogP) is -1.14. The number of piperidine rings is 2. The summed E-state index contributed by atoms with van der Waals surface area (Å²) in [5.74, 6) is -0.237. The smallest absolute Gasteiger partial charge is 0.350 e. The molecule has 23 heavy (non-hydrogen) atoms. The second-order valence-electron chi connectivity index (χ2n) is 6.06. The normalized spacial score (nSPS) is 31.3. The van der Waals surface area contributed by atoms with Crippen molar-refractivity contribution in [2.75, 3.05) is 19.6 Å². The van der Waals surface area contributed by atoms with Crippen LogP contribution in [-0.2, 0) is 19.5 Å². The van der Waals surface area contributed by atoms with Crippen LogP contribution in [-0.4, -0.2) is 72.6 Å². The molecule has 0 aliphatic carbocycles. The van der Waals surface area contributed by atoms with E-state index < -0.39 is 28.5 Å². The van der Waals surface area contributed by atoms with Crippen molar-refractivity contribution in [3.63, 3.8) is 0 Å². The van der Waals surface area contributed by atoms with Crippen LogP contribution in [0.25, 0.3) is 0 Å². The van der Waals surface area contributed by atoms with Crippen LogP contribution in [0.15, 0.2) is 0 Å². The number of hydrogen-bond acceptors (Lipinski definition) is 6. The summed E-state index contributed by atoms with van der Waals surface area (Å²) >= 11 is 0. The SMILES string of the molecule is O=C(N[C@@H]1CCCNC1)[C@@H]1CC[C@@H]2CN1C(=O)N2OS(=O)(=O)O. The third kappa shape index (κ3) is 3.57. The summed E-state index contributed by atoms with van der Waals surface area (Å²) in [5, 5.41) is 6.78. The molecular weight excluding hydrogens is 328 g/mol. The third-order valence-corrected chi connectivity index (χ3v) is 4.79. The number of carbonyl (C=O) groups is 2. The first kappa shape index (κ1) is 16.4. The van der Waals surface area contributed by atoms with E-state index in [2.05, 4.69) is 14.9 Å². The van der Waals surface area contributed by atoms with Crippen LogP contribution in [0.1, 0.15) is 25.7 Å². The summed E-state index contributed by atoms with van der Waals surface area (Å²) in [4.78, 5) is 26.0. The van der Waals surface area contributed by atoms with Gasteiger partial charge in [0.1, 0.15) is 6.04 Å². The Labute approximate surface area is 134 Å². The summed E-state index contributed by atoms with van der Waals surface area (Å²) in [5.41, 5.74) is 0. The first-order chi connectivity index (χ1) is 10.8. The Bertz CT molecular complexity index is 590. The summed E-state index contributed by atoms with van der Waals surface area (Å²) in [6.45, 7) is 1.84. The number of urea groups is 1. The molecule has 2 bridgehead atoms. The molecule has 0 aromatic carbocycles. The van der Waals surface area contributed by atoms with E-state index >= 15 is 0 Å². The fourth-order valence-electron chi connectivity index (χ4n) is 3.38. The maximum absolute atomic E-state index is 12.4. The van der Waals surface area contributed by atoms with Crippen molar-refractivity contribution in [3.05, 3.63) is 0 Å². The molecule has 0 spiro atoms. The number of amides is 3. The molecule has 0 radical (unpaired) electrons. The lowest BCUT2D eigenvalue weighted by molar-refractivity contribution is -0.126. The van der Waals surface area contributed by atoms with E-state index in [1.165, 1.54) is 4.90 Å². The van der Waals surface area contributed by atoms with Crippen molar-refractivity contribution in [1.29, 1.82) is 0 Å². The van der Waals surface area contributed by atoms with Crippen molar-refractivity contribution < 1.29 is 26.8 Å². The van der Waals surface area contributed by atoms with E-state index in [1.54, 1.807) is 0 Å². The molecule has 0 saturated carbocycles. The second-order valence-corrected chi connectivity index (χ2v) is 7.07. The topological polar surface area (TPSA) is 128 Å². The van der Waals surface area contributed by atoms with Gasteiger partial charge in [0.25, 0.3) is 0 Å². The Kier molecular flexibility index (Phi) is 4.45. The molecule has 3 rings (SSSR count). The van der Waals surface area contributed by atoms with E-state index in [4.69, 9.17) is 4.55 Å². The van der Waals surface area contributed by atoms with Crippen molar-refractivity contribution in [2.24, 2.45) is 0 Å². The van der Waals surface area contributed by atoms with Gasteiger partial charge in [-0.3, -0.25) is 9.35 Å². The van der Waals surface area contributed by atoms with Crippen LogP contribution in [0.2, 0.25) is 0 Å². The summed E-state index contributed by atoms with van der Waals surface area (Å²) in [6.07, 6.45) is 2.73. The van der Waals surface area contributed by atoms with Gasteiger partial charge in [0.15, 0.2) is 0 Å². The number of nitrogens with one attached hydrogen (secondary N) is 2. The van der Waals surface area contributed by atoms with Gasteiger partial charge in [-0.05, 0) is 32.2 Å². The van der Waals surface area contributed by atoms with Crippen LogP contribution in [0, 0.1) is 0 Å². The highest BCUT2D eigenvalue weighted by Gasteiger charge is 2.49. The van der Waals surface area contributed by atoms with E-state index in [1.807, 2.05) is 0 Å². The molecule has 0 aromatic heterocycles. The van der Waals surface area contributed by atoms with E-state index in [0.717, 1.165) is 19.4 Å². The molecule has 3 atom stereocenters. The van der Waals surface area contributed by atoms with Crippen LogP contribution < -0.4 is 10.6 Å². The molecule has 0 aromatic rings. The minimum absolute atomic E-state index is 0.0388. The van der Waals surface area contributed by atoms with Gasteiger partial charge in [-0.2, -0.15) is 13.5 Å². The standard InChI is InChI=1S/C12H20N4O6S/c17-11(14-8-2-1-5-13-6-8)10-4-3-9-7-15(10)12(18)16(9)22-23(19,20)21/h8-10,13H,1-7H2,(H,14,17)(H,19,20,21)/t8-,9-,10+/m1/s1. The van der Waals surface area contributed by atoms with Gasteiger partial charge in [-0.25, -0.2) is 4.79 Å². The molecule has 3 amide bonds. The first-order valence-electron chi connectivity index (χ1n) is 7.63. The Hall–Kier alpha value is -1.43. The zero-order valence-corrected chi connectivity index (χ0v) is 13.3. The highest BCUT2D eigenvalue weighted by molar-refractivity contribution is 7.80. The van der Waals surface area contributed by atoms with E-state index in [-0.39, 0.29) is 18.5 Å². The number of hydrogen-bond donors (Lipinski definition) is 3. The molecule has 3 N–H and O–H groups in total. The molecule has 3 aliphatic rings. The Morgan fingerprint density at radius 2 is 2.13 bits per heavy atom. The van der Waals surface area contributed by atoms with Crippen molar-refractivity contribution >= 4 is 22.3 Å². The van der Waals surface area contributed by atoms with Gasteiger partial charge in [0, 0.05) is 19.1 Å². The molecule has 130 valence electrons. The summed E-state index contributed by atoms with van der Waals surface area (Å²) in [7, 11) is -4.77. The minimum Gasteiger partial charge on any atom is -0.350 e. The molecule has 11 heteroatoms. The van der Waals surface area contributed by atoms with Gasteiger partial charge in [0.05, 0.1) is 6.04 Å². The van der Waals surface area contributed by atoms with Gasteiger partial charge in [-0.1, -0.05) is 0 Å². The fraction of sp³-hybridized carbons (Fsp3) is 0.833. The minimum atomic E-state index is -4.77. The number of carbonyl (C=O) groups excluding carboxylic acids is 2. The predicted molar refractivity (Wildman–Crippen MR) is 77.4 cm³/mol. The van der Waals surface area contributed by atoms with Gasteiger partial charge in [-0.15, -0.1) is 4.28 Å². The number of nitrogens with zero attached hydrogens (tertiary/aromatic N) is 2. The van der Waals surface area contributed by atoms with Crippen LogP contribution in [0.4, 0.5) is 4.79 Å². The zero-order valence-electron chi connectivity index (χ0n) is 12.5. The molecule has 0 unspecified atom stereocenters. The lowest BCUT2D eigenvalue weighted by Crippen LogP contribution is -2.54. The lowest BCUT2D eigenvalue weighted by atomic mass is 9.99. The molecule has 3 aliphatic heterocycles. The second kappa shape index (κ2) is 6.23. The number of fused-ring (bicyclic) bond motifs is 2. The molecule has 10 nitrogen and oxygen atoms in total. The third-order valence-electron chi connectivity index (χ3n) is 4.44. The monoisotopic (exact) mass is 348 g/mol. The summed E-state index contributed by atoms with van der Waals surface area (Å²) < 4.78 is 34.8. The summed E-state index contributed by atoms with van der Waals surface area (Å²) in [6, 6.07) is -1.80. The first-order valence-corrected chi connectivity index (χ1v) is 8.99. The molecule has 3 fully saturated rings.